The van der Waals surface area contributed by atoms with Crippen LogP contribution in [0.3, 0.4) is 0 Å². The topological polar surface area (TPSA) is 40.5 Å². The molecule has 0 saturated heterocycles. The highest BCUT2D eigenvalue weighted by molar-refractivity contribution is 5.16. The molecule has 128 valence electrons. The van der Waals surface area contributed by atoms with Crippen LogP contribution in [0.5, 0.6) is 0 Å². The molecule has 2 nitrogen and oxygen atoms in total. The fourth-order valence-corrected chi connectivity index (χ4v) is 7.35. The summed E-state index contributed by atoms with van der Waals surface area (Å²) in [5.74, 6) is 5.51. The van der Waals surface area contributed by atoms with Crippen LogP contribution in [0.1, 0.15) is 71.6 Å². The SMILES string of the molecule is C#C[C@@]1(O)CC[C@@]2(C)[C@@H](CC[C@H]3[C@H]2CC[C@]2(C)[C@@H]3CC[C@@H]2O)C1. The van der Waals surface area contributed by atoms with Crippen molar-refractivity contribution in [1.82, 2.24) is 0 Å². The smallest absolute Gasteiger partial charge is 0.125 e. The second kappa shape index (κ2) is 4.99. The molecule has 0 aromatic rings. The van der Waals surface area contributed by atoms with Crippen molar-refractivity contribution in [3.8, 4) is 12.3 Å². The summed E-state index contributed by atoms with van der Waals surface area (Å²) in [5.41, 5.74) is -0.344. The van der Waals surface area contributed by atoms with Gasteiger partial charge in [0, 0.05) is 0 Å². The van der Waals surface area contributed by atoms with Gasteiger partial charge in [-0.1, -0.05) is 19.8 Å². The minimum Gasteiger partial charge on any atom is -0.393 e. The van der Waals surface area contributed by atoms with Crippen LogP contribution < -0.4 is 0 Å². The van der Waals surface area contributed by atoms with E-state index < -0.39 is 5.60 Å². The number of hydrogen-bond acceptors (Lipinski definition) is 2. The Bertz CT molecular complexity index is 536. The first kappa shape index (κ1) is 16.0. The van der Waals surface area contributed by atoms with E-state index in [2.05, 4.69) is 19.8 Å². The Morgan fingerprint density at radius 1 is 0.913 bits per heavy atom. The predicted octanol–water partition coefficient (Wildman–Crippen LogP) is 3.75. The third kappa shape index (κ3) is 2.09. The fraction of sp³-hybridized carbons (Fsp3) is 0.905. The zero-order chi connectivity index (χ0) is 16.5. The summed E-state index contributed by atoms with van der Waals surface area (Å²) in [6.45, 7) is 4.83. The number of rotatable bonds is 0. The molecule has 0 heterocycles. The van der Waals surface area contributed by atoms with Crippen LogP contribution in [-0.4, -0.2) is 21.9 Å². The van der Waals surface area contributed by atoms with Gasteiger partial charge in [0.1, 0.15) is 5.60 Å². The molecule has 2 N–H and O–H groups in total. The second-order valence-electron chi connectivity index (χ2n) is 9.67. The highest BCUT2D eigenvalue weighted by Crippen LogP contribution is 2.66. The first-order chi connectivity index (χ1) is 10.8. The monoisotopic (exact) mass is 316 g/mol. The van der Waals surface area contributed by atoms with E-state index >= 15 is 0 Å². The number of aliphatic hydroxyl groups is 2. The van der Waals surface area contributed by atoms with Crippen LogP contribution in [-0.2, 0) is 0 Å². The molecule has 0 spiro atoms. The van der Waals surface area contributed by atoms with Crippen molar-refractivity contribution in [3.05, 3.63) is 0 Å². The van der Waals surface area contributed by atoms with Crippen molar-refractivity contribution < 1.29 is 10.2 Å². The maximum Gasteiger partial charge on any atom is 0.125 e. The molecule has 0 aliphatic heterocycles. The van der Waals surface area contributed by atoms with Crippen molar-refractivity contribution >= 4 is 0 Å². The summed E-state index contributed by atoms with van der Waals surface area (Å²) in [5, 5.41) is 21.1. The fourth-order valence-electron chi connectivity index (χ4n) is 7.35. The van der Waals surface area contributed by atoms with Gasteiger partial charge in [-0.3, -0.25) is 0 Å². The Labute approximate surface area is 141 Å². The summed E-state index contributed by atoms with van der Waals surface area (Å²) < 4.78 is 0. The second-order valence-corrected chi connectivity index (χ2v) is 9.67. The largest absolute Gasteiger partial charge is 0.393 e. The molecule has 4 aliphatic rings. The summed E-state index contributed by atoms with van der Waals surface area (Å²) in [4.78, 5) is 0. The Morgan fingerprint density at radius 2 is 1.65 bits per heavy atom. The normalized spacial score (nSPS) is 58.7. The van der Waals surface area contributed by atoms with E-state index in [0.717, 1.165) is 37.5 Å². The van der Waals surface area contributed by atoms with Gasteiger partial charge < -0.3 is 10.2 Å². The maximum atomic E-state index is 10.6. The van der Waals surface area contributed by atoms with E-state index in [1.54, 1.807) is 0 Å². The van der Waals surface area contributed by atoms with Gasteiger partial charge in [0.05, 0.1) is 6.10 Å². The Morgan fingerprint density at radius 3 is 2.39 bits per heavy atom. The third-order valence-electron chi connectivity index (χ3n) is 8.95. The molecule has 8 atom stereocenters. The van der Waals surface area contributed by atoms with Gasteiger partial charge in [0.2, 0.25) is 0 Å². The molecule has 23 heavy (non-hydrogen) atoms. The Hall–Kier alpha value is -0.520. The van der Waals surface area contributed by atoms with Crippen LogP contribution in [0.4, 0.5) is 0 Å². The number of fused-ring (bicyclic) bond motifs is 5. The van der Waals surface area contributed by atoms with Gasteiger partial charge in [0.15, 0.2) is 0 Å². The summed E-state index contributed by atoms with van der Waals surface area (Å²) >= 11 is 0. The quantitative estimate of drug-likeness (QED) is 0.668. The van der Waals surface area contributed by atoms with Crippen molar-refractivity contribution in [1.29, 1.82) is 0 Å². The molecule has 0 aromatic carbocycles. The van der Waals surface area contributed by atoms with Gasteiger partial charge in [0.25, 0.3) is 0 Å². The lowest BCUT2D eigenvalue weighted by Gasteiger charge is -2.61. The van der Waals surface area contributed by atoms with E-state index in [4.69, 9.17) is 6.42 Å². The predicted molar refractivity (Wildman–Crippen MR) is 91.5 cm³/mol. The van der Waals surface area contributed by atoms with E-state index in [9.17, 15) is 10.2 Å². The number of aliphatic hydroxyl groups excluding tert-OH is 1. The number of hydrogen-bond donors (Lipinski definition) is 2. The van der Waals surface area contributed by atoms with Crippen molar-refractivity contribution in [3.63, 3.8) is 0 Å². The lowest BCUT2D eigenvalue weighted by atomic mass is 9.44. The minimum absolute atomic E-state index is 0.0862. The lowest BCUT2D eigenvalue weighted by molar-refractivity contribution is -0.143. The average Bonchev–Trinajstić information content (AvgIpc) is 2.84. The van der Waals surface area contributed by atoms with Gasteiger partial charge in [-0.15, -0.1) is 6.42 Å². The maximum absolute atomic E-state index is 10.6. The third-order valence-corrected chi connectivity index (χ3v) is 8.95. The van der Waals surface area contributed by atoms with Crippen molar-refractivity contribution in [2.45, 2.75) is 83.3 Å². The molecule has 0 radical (unpaired) electrons. The van der Waals surface area contributed by atoms with Crippen LogP contribution in [0.25, 0.3) is 0 Å². The molecule has 0 amide bonds. The Balaban J connectivity index is 1.61. The molecule has 0 unspecified atom stereocenters. The van der Waals surface area contributed by atoms with Gasteiger partial charge in [-0.2, -0.15) is 0 Å². The average molecular weight is 316 g/mol. The van der Waals surface area contributed by atoms with Crippen molar-refractivity contribution in [2.24, 2.45) is 34.5 Å². The van der Waals surface area contributed by atoms with E-state index in [0.29, 0.717) is 17.3 Å². The molecule has 4 fully saturated rings. The van der Waals surface area contributed by atoms with E-state index in [1.807, 2.05) is 0 Å². The van der Waals surface area contributed by atoms with E-state index in [1.165, 1.54) is 32.1 Å². The summed E-state index contributed by atoms with van der Waals surface area (Å²) in [6, 6.07) is 0. The molecular formula is C21H32O2. The van der Waals surface area contributed by atoms with Crippen LogP contribution >= 0.6 is 0 Å². The van der Waals surface area contributed by atoms with Gasteiger partial charge in [-0.25, -0.2) is 0 Å². The Kier molecular flexibility index (Phi) is 3.47. The van der Waals surface area contributed by atoms with Crippen LogP contribution in [0.2, 0.25) is 0 Å². The zero-order valence-corrected chi connectivity index (χ0v) is 14.7. The van der Waals surface area contributed by atoms with Crippen LogP contribution in [0, 0.1) is 46.8 Å². The number of terminal acetylenes is 1. The first-order valence-corrected chi connectivity index (χ1v) is 9.71. The molecule has 2 heteroatoms. The highest BCUT2D eigenvalue weighted by atomic mass is 16.3. The lowest BCUT2D eigenvalue weighted by Crippen LogP contribution is -2.56. The van der Waals surface area contributed by atoms with Crippen LogP contribution in [0.15, 0.2) is 0 Å². The molecule has 0 aromatic heterocycles. The summed E-state index contributed by atoms with van der Waals surface area (Å²) in [7, 11) is 0. The minimum atomic E-state index is -0.857. The van der Waals surface area contributed by atoms with Gasteiger partial charge in [-0.05, 0) is 92.3 Å². The van der Waals surface area contributed by atoms with E-state index in [-0.39, 0.29) is 11.5 Å². The first-order valence-electron chi connectivity index (χ1n) is 9.71. The van der Waals surface area contributed by atoms with Gasteiger partial charge >= 0.3 is 0 Å². The summed E-state index contributed by atoms with van der Waals surface area (Å²) in [6.07, 6.45) is 15.3. The van der Waals surface area contributed by atoms with Crippen molar-refractivity contribution in [2.75, 3.05) is 0 Å². The molecular weight excluding hydrogens is 284 g/mol. The molecule has 4 aliphatic carbocycles. The molecule has 0 bridgehead atoms. The molecule has 4 rings (SSSR count). The standard InChI is InChI=1S/C21H32O2/c1-4-21(23)12-11-19(2)14(13-21)5-6-15-16-7-8-18(22)20(16,3)10-9-17(15)19/h1,14-18,22-23H,5-13H2,2-3H3/t14-,15+,16+,17+,18-,19-,20+,21+/m0/s1. The highest BCUT2D eigenvalue weighted by Gasteiger charge is 2.60. The zero-order valence-electron chi connectivity index (χ0n) is 14.7. The molecule has 4 saturated carbocycles.